The lowest BCUT2D eigenvalue weighted by atomic mass is 10.0. The highest BCUT2D eigenvalue weighted by Gasteiger charge is 2.43. The number of nitrogens with one attached hydrogen (secondary N) is 1. The fourth-order valence-electron chi connectivity index (χ4n) is 4.18. The van der Waals surface area contributed by atoms with E-state index >= 15 is 0 Å². The first-order valence-corrected chi connectivity index (χ1v) is 10.7. The molecule has 0 spiro atoms. The number of rotatable bonds is 9. The van der Waals surface area contributed by atoms with Crippen molar-refractivity contribution >= 4 is 0 Å². The van der Waals surface area contributed by atoms with Gasteiger partial charge in [0.05, 0.1) is 0 Å². The van der Waals surface area contributed by atoms with E-state index in [1.165, 1.54) is 37.7 Å². The van der Waals surface area contributed by atoms with Gasteiger partial charge < -0.3 is 20.1 Å². The Kier molecular flexibility index (Phi) is 6.30. The SMILES string of the molecule is OC(COc1ccccc1CNC1(c2ccccc2)CC1)CN1CCCCC1. The molecule has 4 nitrogen and oxygen atoms in total. The van der Waals surface area contributed by atoms with E-state index in [4.69, 9.17) is 4.74 Å². The number of piperidine rings is 1. The zero-order valence-electron chi connectivity index (χ0n) is 16.6. The minimum atomic E-state index is -0.446. The van der Waals surface area contributed by atoms with Gasteiger partial charge in [-0.25, -0.2) is 0 Å². The molecule has 2 aromatic carbocycles. The first kappa shape index (κ1) is 19.4. The molecule has 2 fully saturated rings. The molecule has 4 heteroatoms. The van der Waals surface area contributed by atoms with Crippen LogP contribution >= 0.6 is 0 Å². The van der Waals surface area contributed by atoms with Crippen LogP contribution in [0.15, 0.2) is 54.6 Å². The van der Waals surface area contributed by atoms with Crippen molar-refractivity contribution in [3.05, 3.63) is 65.7 Å². The summed E-state index contributed by atoms with van der Waals surface area (Å²) in [4.78, 5) is 2.35. The van der Waals surface area contributed by atoms with E-state index in [9.17, 15) is 5.11 Å². The van der Waals surface area contributed by atoms with E-state index in [2.05, 4.69) is 52.7 Å². The second-order valence-electron chi connectivity index (χ2n) is 8.24. The average Bonchev–Trinajstić information content (AvgIpc) is 3.54. The largest absolute Gasteiger partial charge is 0.491 e. The van der Waals surface area contributed by atoms with E-state index in [1.807, 2.05) is 12.1 Å². The van der Waals surface area contributed by atoms with Crippen molar-refractivity contribution in [1.82, 2.24) is 10.2 Å². The highest BCUT2D eigenvalue weighted by atomic mass is 16.5. The van der Waals surface area contributed by atoms with Gasteiger partial charge in [0.25, 0.3) is 0 Å². The van der Waals surface area contributed by atoms with Crippen LogP contribution in [0.3, 0.4) is 0 Å². The third kappa shape index (κ3) is 4.93. The minimum absolute atomic E-state index is 0.113. The number of hydrogen-bond acceptors (Lipinski definition) is 4. The van der Waals surface area contributed by atoms with Gasteiger partial charge in [-0.05, 0) is 50.4 Å². The molecule has 150 valence electrons. The van der Waals surface area contributed by atoms with Crippen molar-refractivity contribution in [3.63, 3.8) is 0 Å². The van der Waals surface area contributed by atoms with Gasteiger partial charge in [0.2, 0.25) is 0 Å². The van der Waals surface area contributed by atoms with Crippen LogP contribution in [0.4, 0.5) is 0 Å². The summed E-state index contributed by atoms with van der Waals surface area (Å²) in [6.07, 6.45) is 5.70. The van der Waals surface area contributed by atoms with Crippen molar-refractivity contribution in [2.75, 3.05) is 26.2 Å². The van der Waals surface area contributed by atoms with E-state index in [0.29, 0.717) is 13.2 Å². The standard InChI is InChI=1S/C24H32N2O2/c27-22(18-26-15-7-2-8-16-26)19-28-23-12-6-5-9-20(23)17-25-24(13-14-24)21-10-3-1-4-11-21/h1,3-6,9-12,22,25,27H,2,7-8,13-19H2. The first-order chi connectivity index (χ1) is 13.8. The quantitative estimate of drug-likeness (QED) is 0.696. The van der Waals surface area contributed by atoms with Crippen molar-refractivity contribution in [1.29, 1.82) is 0 Å². The highest BCUT2D eigenvalue weighted by Crippen LogP contribution is 2.45. The fourth-order valence-corrected chi connectivity index (χ4v) is 4.18. The van der Waals surface area contributed by atoms with Crippen LogP contribution in [-0.2, 0) is 12.1 Å². The van der Waals surface area contributed by atoms with Crippen molar-refractivity contribution in [2.24, 2.45) is 0 Å². The Hall–Kier alpha value is -1.88. The molecule has 4 rings (SSSR count). The van der Waals surface area contributed by atoms with Gasteiger partial charge in [-0.3, -0.25) is 0 Å². The molecule has 1 atom stereocenters. The van der Waals surface area contributed by atoms with Crippen LogP contribution in [0, 0.1) is 0 Å². The van der Waals surface area contributed by atoms with Crippen LogP contribution in [0.1, 0.15) is 43.2 Å². The summed E-state index contributed by atoms with van der Waals surface area (Å²) >= 11 is 0. The number of aliphatic hydroxyl groups excluding tert-OH is 1. The maximum atomic E-state index is 10.4. The Morgan fingerprint density at radius 1 is 0.964 bits per heavy atom. The number of β-amino-alcohol motifs (C(OH)–C–C–N with tert-alkyl or cyclic N) is 1. The maximum absolute atomic E-state index is 10.4. The highest BCUT2D eigenvalue weighted by molar-refractivity contribution is 5.35. The molecule has 1 saturated carbocycles. The summed E-state index contributed by atoms with van der Waals surface area (Å²) in [7, 11) is 0. The molecular weight excluding hydrogens is 348 g/mol. The Morgan fingerprint density at radius 3 is 2.43 bits per heavy atom. The van der Waals surface area contributed by atoms with Crippen molar-refractivity contribution in [2.45, 2.75) is 50.3 Å². The molecule has 0 bridgehead atoms. The molecule has 1 heterocycles. The van der Waals surface area contributed by atoms with E-state index in [0.717, 1.165) is 30.9 Å². The van der Waals surface area contributed by atoms with Gasteiger partial charge in [-0.1, -0.05) is 55.0 Å². The fraction of sp³-hybridized carbons (Fsp3) is 0.500. The molecule has 2 aromatic rings. The molecule has 0 radical (unpaired) electrons. The summed E-state index contributed by atoms with van der Waals surface area (Å²) in [5.41, 5.74) is 2.63. The maximum Gasteiger partial charge on any atom is 0.123 e. The zero-order chi connectivity index (χ0) is 19.2. The Labute approximate surface area is 168 Å². The number of likely N-dealkylation sites (tertiary alicyclic amines) is 1. The minimum Gasteiger partial charge on any atom is -0.491 e. The number of nitrogens with zero attached hydrogens (tertiary/aromatic N) is 1. The molecule has 28 heavy (non-hydrogen) atoms. The molecule has 0 aromatic heterocycles. The number of para-hydroxylation sites is 1. The predicted molar refractivity (Wildman–Crippen MR) is 112 cm³/mol. The Morgan fingerprint density at radius 2 is 1.68 bits per heavy atom. The van der Waals surface area contributed by atoms with E-state index in [-0.39, 0.29) is 5.54 Å². The first-order valence-electron chi connectivity index (χ1n) is 10.7. The average molecular weight is 381 g/mol. The van der Waals surface area contributed by atoms with Crippen LogP contribution in [0.2, 0.25) is 0 Å². The Bertz CT molecular complexity index is 739. The van der Waals surface area contributed by atoms with Gasteiger partial charge in [-0.15, -0.1) is 0 Å². The molecule has 0 amide bonds. The van der Waals surface area contributed by atoms with Crippen LogP contribution < -0.4 is 10.1 Å². The van der Waals surface area contributed by atoms with E-state index < -0.39 is 6.10 Å². The third-order valence-electron chi connectivity index (χ3n) is 6.02. The second-order valence-corrected chi connectivity index (χ2v) is 8.24. The molecule has 1 aliphatic carbocycles. The van der Waals surface area contributed by atoms with Gasteiger partial charge in [0.15, 0.2) is 0 Å². The summed E-state index contributed by atoms with van der Waals surface area (Å²) in [5.74, 6) is 0.872. The number of benzene rings is 2. The molecular formula is C24H32N2O2. The summed E-state index contributed by atoms with van der Waals surface area (Å²) in [6, 6.07) is 18.9. The van der Waals surface area contributed by atoms with Crippen LogP contribution in [-0.4, -0.2) is 42.4 Å². The lowest BCUT2D eigenvalue weighted by Crippen LogP contribution is -2.38. The summed E-state index contributed by atoms with van der Waals surface area (Å²) < 4.78 is 6.02. The Balaban J connectivity index is 1.31. The normalized spacial score (nSPS) is 19.9. The molecule has 1 saturated heterocycles. The lowest BCUT2D eigenvalue weighted by Gasteiger charge is -2.28. The van der Waals surface area contributed by atoms with Gasteiger partial charge in [0.1, 0.15) is 18.5 Å². The van der Waals surface area contributed by atoms with Gasteiger partial charge in [-0.2, -0.15) is 0 Å². The number of ether oxygens (including phenoxy) is 1. The van der Waals surface area contributed by atoms with Crippen LogP contribution in [0.5, 0.6) is 5.75 Å². The van der Waals surface area contributed by atoms with Crippen LogP contribution in [0.25, 0.3) is 0 Å². The van der Waals surface area contributed by atoms with Crippen molar-refractivity contribution in [3.8, 4) is 5.75 Å². The van der Waals surface area contributed by atoms with Gasteiger partial charge in [0, 0.05) is 24.2 Å². The summed E-state index contributed by atoms with van der Waals surface area (Å²) in [5, 5.41) is 14.1. The molecule has 1 aliphatic heterocycles. The molecule has 2 aliphatic rings. The summed E-state index contributed by atoms with van der Waals surface area (Å²) in [6.45, 7) is 4.01. The monoisotopic (exact) mass is 380 g/mol. The number of hydrogen-bond donors (Lipinski definition) is 2. The van der Waals surface area contributed by atoms with E-state index in [1.54, 1.807) is 0 Å². The van der Waals surface area contributed by atoms with Crippen molar-refractivity contribution < 1.29 is 9.84 Å². The number of aliphatic hydroxyl groups is 1. The molecule has 2 N–H and O–H groups in total. The topological polar surface area (TPSA) is 44.7 Å². The molecule has 1 unspecified atom stereocenters. The smallest absolute Gasteiger partial charge is 0.123 e. The van der Waals surface area contributed by atoms with Gasteiger partial charge >= 0.3 is 0 Å². The second kappa shape index (κ2) is 9.08. The predicted octanol–water partition coefficient (Wildman–Crippen LogP) is 3.69. The zero-order valence-corrected chi connectivity index (χ0v) is 16.6. The lowest BCUT2D eigenvalue weighted by molar-refractivity contribution is 0.0613. The third-order valence-corrected chi connectivity index (χ3v) is 6.02.